The molecule has 0 bridgehead atoms. The minimum Gasteiger partial charge on any atom is -0.478 e. The summed E-state index contributed by atoms with van der Waals surface area (Å²) in [7, 11) is 0. The molecule has 0 aromatic heterocycles. The quantitative estimate of drug-likeness (QED) is 0.803. The molecule has 0 saturated carbocycles. The molecule has 0 aliphatic carbocycles. The number of aromatic carboxylic acids is 1. The molecule has 73 valence electrons. The summed E-state index contributed by atoms with van der Waals surface area (Å²) in [6.07, 6.45) is 0. The predicted molar refractivity (Wildman–Crippen MR) is 57.7 cm³/mol. The van der Waals surface area contributed by atoms with Crippen LogP contribution in [0.5, 0.6) is 0 Å². The van der Waals surface area contributed by atoms with Crippen LogP contribution in [0.3, 0.4) is 0 Å². The average molecular weight is 197 g/mol. The monoisotopic (exact) mass is 197 g/mol. The van der Waals surface area contributed by atoms with Crippen LogP contribution in [0.15, 0.2) is 48.5 Å². The van der Waals surface area contributed by atoms with E-state index in [2.05, 4.69) is 6.07 Å². The first-order valence-corrected chi connectivity index (χ1v) is 4.58. The van der Waals surface area contributed by atoms with Crippen molar-refractivity contribution in [3.8, 4) is 11.1 Å². The van der Waals surface area contributed by atoms with Crippen molar-refractivity contribution in [1.82, 2.24) is 0 Å². The Hall–Kier alpha value is -2.09. The van der Waals surface area contributed by atoms with Gasteiger partial charge in [-0.3, -0.25) is 0 Å². The minimum atomic E-state index is -0.949. The third kappa shape index (κ3) is 2.05. The number of hydrogen-bond donors (Lipinski definition) is 1. The van der Waals surface area contributed by atoms with Gasteiger partial charge in [-0.05, 0) is 29.3 Å². The van der Waals surface area contributed by atoms with Gasteiger partial charge >= 0.3 is 5.97 Å². The van der Waals surface area contributed by atoms with Crippen molar-refractivity contribution in [2.24, 2.45) is 0 Å². The molecule has 0 aliphatic rings. The molecule has 0 heterocycles. The zero-order chi connectivity index (χ0) is 10.7. The maximum absolute atomic E-state index is 10.6. The van der Waals surface area contributed by atoms with Crippen molar-refractivity contribution in [1.29, 1.82) is 0 Å². The normalized spacial score (nSPS) is 9.87. The Bertz CT molecular complexity index is 458. The van der Waals surface area contributed by atoms with Crippen LogP contribution < -0.4 is 0 Å². The Morgan fingerprint density at radius 3 is 2.27 bits per heavy atom. The molecule has 0 amide bonds. The van der Waals surface area contributed by atoms with E-state index in [1.54, 1.807) is 18.2 Å². The lowest BCUT2D eigenvalue weighted by atomic mass is 10.0. The smallest absolute Gasteiger partial charge is 0.336 e. The van der Waals surface area contributed by atoms with E-state index < -0.39 is 5.97 Å². The van der Waals surface area contributed by atoms with Crippen LogP contribution >= 0.6 is 0 Å². The van der Waals surface area contributed by atoms with Gasteiger partial charge in [0.1, 0.15) is 0 Å². The lowest BCUT2D eigenvalue weighted by Gasteiger charge is -2.00. The SMILES string of the molecule is O=C(O)c1[c]cc(-c2ccccc2)cc1. The third-order valence-electron chi connectivity index (χ3n) is 2.15. The number of rotatable bonds is 2. The summed E-state index contributed by atoms with van der Waals surface area (Å²) in [4.78, 5) is 10.6. The lowest BCUT2D eigenvalue weighted by Crippen LogP contribution is -1.95. The van der Waals surface area contributed by atoms with Crippen LogP contribution in [0.4, 0.5) is 0 Å². The molecule has 0 spiro atoms. The minimum absolute atomic E-state index is 0.190. The third-order valence-corrected chi connectivity index (χ3v) is 2.15. The highest BCUT2D eigenvalue weighted by molar-refractivity contribution is 5.87. The van der Waals surface area contributed by atoms with Gasteiger partial charge < -0.3 is 5.11 Å². The number of benzene rings is 2. The van der Waals surface area contributed by atoms with E-state index in [4.69, 9.17) is 5.11 Å². The average Bonchev–Trinajstić information content (AvgIpc) is 2.30. The van der Waals surface area contributed by atoms with Gasteiger partial charge in [-0.2, -0.15) is 0 Å². The molecule has 0 atom stereocenters. The highest BCUT2D eigenvalue weighted by Gasteiger charge is 2.02. The van der Waals surface area contributed by atoms with Crippen LogP contribution in [0.2, 0.25) is 0 Å². The van der Waals surface area contributed by atoms with Gasteiger partial charge in [0, 0.05) is 0 Å². The molecular weight excluding hydrogens is 188 g/mol. The standard InChI is InChI=1S/C13H9O2/c14-13(15)12-8-6-11(7-9-12)10-4-2-1-3-5-10/h1-8H,(H,14,15). The summed E-state index contributed by atoms with van der Waals surface area (Å²) in [5.74, 6) is -0.949. The summed E-state index contributed by atoms with van der Waals surface area (Å²) in [6, 6.07) is 17.6. The van der Waals surface area contributed by atoms with Crippen molar-refractivity contribution in [3.63, 3.8) is 0 Å². The van der Waals surface area contributed by atoms with Gasteiger partial charge in [-0.25, -0.2) is 4.79 Å². The summed E-state index contributed by atoms with van der Waals surface area (Å²) in [5, 5.41) is 8.72. The molecule has 2 rings (SSSR count). The van der Waals surface area contributed by atoms with Gasteiger partial charge in [-0.1, -0.05) is 36.4 Å². The topological polar surface area (TPSA) is 37.3 Å². The van der Waals surface area contributed by atoms with E-state index in [0.717, 1.165) is 11.1 Å². The molecule has 2 aromatic carbocycles. The summed E-state index contributed by atoms with van der Waals surface area (Å²) < 4.78 is 0. The second kappa shape index (κ2) is 3.96. The van der Waals surface area contributed by atoms with Gasteiger partial charge in [-0.15, -0.1) is 0 Å². The largest absolute Gasteiger partial charge is 0.478 e. The Balaban J connectivity index is 2.36. The van der Waals surface area contributed by atoms with Gasteiger partial charge in [0.2, 0.25) is 0 Å². The van der Waals surface area contributed by atoms with E-state index in [0.29, 0.717) is 0 Å². The number of hydrogen-bond acceptors (Lipinski definition) is 1. The zero-order valence-corrected chi connectivity index (χ0v) is 7.97. The highest BCUT2D eigenvalue weighted by atomic mass is 16.4. The summed E-state index contributed by atoms with van der Waals surface area (Å²) >= 11 is 0. The fourth-order valence-electron chi connectivity index (χ4n) is 1.37. The number of carboxylic acid groups (broad SMARTS) is 1. The van der Waals surface area contributed by atoms with E-state index in [1.807, 2.05) is 30.3 Å². The molecule has 2 nitrogen and oxygen atoms in total. The van der Waals surface area contributed by atoms with Crippen molar-refractivity contribution in [2.75, 3.05) is 0 Å². The van der Waals surface area contributed by atoms with Crippen molar-refractivity contribution >= 4 is 5.97 Å². The number of carbonyl (C=O) groups is 1. The predicted octanol–water partition coefficient (Wildman–Crippen LogP) is 2.85. The first-order valence-electron chi connectivity index (χ1n) is 4.58. The summed E-state index contributed by atoms with van der Waals surface area (Å²) in [5.41, 5.74) is 2.22. The second-order valence-corrected chi connectivity index (χ2v) is 3.16. The van der Waals surface area contributed by atoms with E-state index in [1.165, 1.54) is 0 Å². The fraction of sp³-hybridized carbons (Fsp3) is 0. The number of carboxylic acids is 1. The molecular formula is C13H9O2. The van der Waals surface area contributed by atoms with Crippen LogP contribution in [-0.2, 0) is 0 Å². The first kappa shape index (κ1) is 9.46. The lowest BCUT2D eigenvalue weighted by molar-refractivity contribution is 0.0696. The maximum atomic E-state index is 10.6. The maximum Gasteiger partial charge on any atom is 0.336 e. The molecule has 2 aromatic rings. The zero-order valence-electron chi connectivity index (χ0n) is 7.97. The first-order chi connectivity index (χ1) is 7.27. The van der Waals surface area contributed by atoms with E-state index in [-0.39, 0.29) is 5.56 Å². The second-order valence-electron chi connectivity index (χ2n) is 3.16. The molecule has 1 N–H and O–H groups in total. The molecule has 0 aliphatic heterocycles. The van der Waals surface area contributed by atoms with E-state index in [9.17, 15) is 4.79 Å². The van der Waals surface area contributed by atoms with Gasteiger partial charge in [0.25, 0.3) is 0 Å². The van der Waals surface area contributed by atoms with Crippen LogP contribution in [0.1, 0.15) is 10.4 Å². The van der Waals surface area contributed by atoms with Gasteiger partial charge in [0.05, 0.1) is 5.56 Å². The highest BCUT2D eigenvalue weighted by Crippen LogP contribution is 2.18. The molecule has 0 fully saturated rings. The van der Waals surface area contributed by atoms with Gasteiger partial charge in [0.15, 0.2) is 0 Å². The Kier molecular flexibility index (Phi) is 2.50. The molecule has 15 heavy (non-hydrogen) atoms. The van der Waals surface area contributed by atoms with Crippen molar-refractivity contribution in [2.45, 2.75) is 0 Å². The van der Waals surface area contributed by atoms with Crippen LogP contribution in [-0.4, -0.2) is 11.1 Å². The van der Waals surface area contributed by atoms with Crippen LogP contribution in [0, 0.1) is 6.07 Å². The van der Waals surface area contributed by atoms with E-state index >= 15 is 0 Å². The molecule has 2 heteroatoms. The summed E-state index contributed by atoms with van der Waals surface area (Å²) in [6.45, 7) is 0. The Morgan fingerprint density at radius 2 is 1.73 bits per heavy atom. The molecule has 1 radical (unpaired) electrons. The van der Waals surface area contributed by atoms with Crippen molar-refractivity contribution in [3.05, 3.63) is 60.2 Å². The molecule has 0 saturated heterocycles. The van der Waals surface area contributed by atoms with Crippen LogP contribution in [0.25, 0.3) is 11.1 Å². The van der Waals surface area contributed by atoms with Crippen molar-refractivity contribution < 1.29 is 9.90 Å². The Labute approximate surface area is 87.8 Å². The fourth-order valence-corrected chi connectivity index (χ4v) is 1.37. The Morgan fingerprint density at radius 1 is 1.00 bits per heavy atom. The molecule has 0 unspecified atom stereocenters.